The quantitative estimate of drug-likeness (QED) is 0.329. The summed E-state index contributed by atoms with van der Waals surface area (Å²) >= 11 is 0. The molecule has 0 unspecified atom stereocenters. The van der Waals surface area contributed by atoms with Gasteiger partial charge in [-0.15, -0.1) is 12.4 Å². The molecule has 0 spiro atoms. The summed E-state index contributed by atoms with van der Waals surface area (Å²) in [6.45, 7) is 7.82. The molecule has 0 aliphatic rings. The van der Waals surface area contributed by atoms with Crippen LogP contribution in [0.25, 0.3) is 21.7 Å². The minimum absolute atomic E-state index is 0. The van der Waals surface area contributed by atoms with Crippen LogP contribution in [0.1, 0.15) is 11.3 Å². The molecule has 3 aromatic carbocycles. The van der Waals surface area contributed by atoms with Crippen LogP contribution < -0.4 is 37.5 Å². The average molecular weight is 532 g/mol. The maximum Gasteiger partial charge on any atom is 0.213 e. The topological polar surface area (TPSA) is 59.9 Å². The van der Waals surface area contributed by atoms with Gasteiger partial charge in [0.2, 0.25) is 5.52 Å². The van der Waals surface area contributed by atoms with Crippen molar-refractivity contribution in [2.24, 2.45) is 0 Å². The van der Waals surface area contributed by atoms with Gasteiger partial charge in [-0.2, -0.15) is 0 Å². The molecule has 36 heavy (non-hydrogen) atoms. The number of benzene rings is 3. The molecule has 194 valence electrons. The minimum Gasteiger partial charge on any atom is -1.00 e. The summed E-state index contributed by atoms with van der Waals surface area (Å²) in [5.41, 5.74) is 5.74. The molecule has 4 rings (SSSR count). The molecule has 6 nitrogen and oxygen atoms in total. The molecule has 8 heteroatoms. The van der Waals surface area contributed by atoms with Crippen molar-refractivity contribution in [3.8, 4) is 11.5 Å². The van der Waals surface area contributed by atoms with Gasteiger partial charge in [0.25, 0.3) is 0 Å². The Morgan fingerprint density at radius 1 is 0.778 bits per heavy atom. The highest BCUT2D eigenvalue weighted by Crippen LogP contribution is 2.29. The predicted molar refractivity (Wildman–Crippen MR) is 149 cm³/mol. The van der Waals surface area contributed by atoms with Crippen LogP contribution >= 0.6 is 12.4 Å². The molecule has 3 N–H and O–H groups in total. The van der Waals surface area contributed by atoms with Crippen molar-refractivity contribution >= 4 is 45.5 Å². The molecule has 0 radical (unpaired) electrons. The number of hydrogen-bond acceptors (Lipinski definition) is 5. The minimum atomic E-state index is 0. The van der Waals surface area contributed by atoms with E-state index in [4.69, 9.17) is 9.47 Å². The summed E-state index contributed by atoms with van der Waals surface area (Å²) in [6.07, 6.45) is 0. The van der Waals surface area contributed by atoms with Crippen molar-refractivity contribution in [3.63, 3.8) is 0 Å². The lowest BCUT2D eigenvalue weighted by atomic mass is 10.0. The number of halogens is 2. The Labute approximate surface area is 226 Å². The Morgan fingerprint density at radius 3 is 2.00 bits per heavy atom. The number of hydrogen-bond donors (Lipinski definition) is 2. The van der Waals surface area contributed by atoms with Crippen molar-refractivity contribution in [3.05, 3.63) is 65.9 Å². The largest absolute Gasteiger partial charge is 1.00 e. The number of ether oxygens (including phenoxy) is 2. The van der Waals surface area contributed by atoms with Gasteiger partial charge in [-0.25, -0.2) is 4.98 Å². The molecule has 0 atom stereocenters. The lowest BCUT2D eigenvalue weighted by Crippen LogP contribution is -3.00. The Morgan fingerprint density at radius 2 is 1.36 bits per heavy atom. The van der Waals surface area contributed by atoms with Crippen LogP contribution in [0, 0.1) is 13.8 Å². The molecule has 0 aliphatic heterocycles. The van der Waals surface area contributed by atoms with E-state index in [1.165, 1.54) is 16.3 Å². The highest BCUT2D eigenvalue weighted by Gasteiger charge is 2.11. The highest BCUT2D eigenvalue weighted by atomic mass is 35.5. The standard InChI is InChI=1S/C28H34N4O2.2ClH/c1-19-14-21-6-7-22(33-4)17-24(21)27(15-19)29-10-12-32(3)13-11-30-28-16-20(2)31-26-9-8-23(34-5)18-25(26)28;;/h6-9,14-18,29H,10-13H2,1-5H3,(H,30,31);2*1H. The molecule has 0 amide bonds. The van der Waals surface area contributed by atoms with Crippen molar-refractivity contribution in [1.82, 2.24) is 4.90 Å². The third-order valence-corrected chi connectivity index (χ3v) is 6.13. The number of pyridine rings is 1. The second-order valence-electron chi connectivity index (χ2n) is 8.83. The number of aromatic nitrogens is 1. The van der Waals surface area contributed by atoms with Gasteiger partial charge >= 0.3 is 0 Å². The van der Waals surface area contributed by atoms with Crippen LogP contribution in [-0.2, 0) is 0 Å². The molecular weight excluding hydrogens is 495 g/mol. The zero-order valence-electron chi connectivity index (χ0n) is 21.6. The van der Waals surface area contributed by atoms with Crippen LogP contribution in [0.4, 0.5) is 11.4 Å². The van der Waals surface area contributed by atoms with Gasteiger partial charge in [0.15, 0.2) is 5.69 Å². The van der Waals surface area contributed by atoms with Crippen molar-refractivity contribution < 1.29 is 26.9 Å². The number of H-pyrrole nitrogens is 1. The number of nitrogens with zero attached hydrogens (tertiary/aromatic N) is 1. The third kappa shape index (κ3) is 7.06. The van der Waals surface area contributed by atoms with Crippen LogP contribution in [0.2, 0.25) is 0 Å². The zero-order valence-corrected chi connectivity index (χ0v) is 23.1. The Bertz CT molecular complexity index is 1200. The van der Waals surface area contributed by atoms with E-state index in [0.717, 1.165) is 65.6 Å². The van der Waals surface area contributed by atoms with E-state index in [1.807, 2.05) is 12.1 Å². The molecule has 0 aliphatic carbocycles. The lowest BCUT2D eigenvalue weighted by Gasteiger charge is -2.19. The van der Waals surface area contributed by atoms with Gasteiger partial charge in [-0.1, -0.05) is 12.1 Å². The van der Waals surface area contributed by atoms with Gasteiger partial charge in [0, 0.05) is 56.3 Å². The summed E-state index contributed by atoms with van der Waals surface area (Å²) in [5, 5.41) is 10.8. The first-order valence-corrected chi connectivity index (χ1v) is 11.7. The van der Waals surface area contributed by atoms with Crippen LogP contribution in [-0.4, -0.2) is 52.3 Å². The van der Waals surface area contributed by atoms with Crippen LogP contribution in [0.3, 0.4) is 0 Å². The molecule has 0 saturated heterocycles. The Kier molecular flexibility index (Phi) is 10.9. The van der Waals surface area contributed by atoms with E-state index in [9.17, 15) is 0 Å². The fourth-order valence-corrected chi connectivity index (χ4v) is 4.31. The molecule has 1 heterocycles. The second-order valence-corrected chi connectivity index (χ2v) is 8.83. The average Bonchev–Trinajstić information content (AvgIpc) is 2.83. The number of aryl methyl sites for hydroxylation is 2. The van der Waals surface area contributed by atoms with E-state index >= 15 is 0 Å². The molecule has 0 bridgehead atoms. The summed E-state index contributed by atoms with van der Waals surface area (Å²) in [4.78, 5) is 5.76. The Hall–Kier alpha value is -2.93. The number of anilines is 2. The van der Waals surface area contributed by atoms with Crippen LogP contribution in [0.15, 0.2) is 54.6 Å². The number of methoxy groups -OCH3 is 2. The fourth-order valence-electron chi connectivity index (χ4n) is 4.31. The number of aromatic amines is 1. The Balaban J connectivity index is 0.00000228. The van der Waals surface area contributed by atoms with Crippen molar-refractivity contribution in [2.75, 3.05) is 58.1 Å². The summed E-state index contributed by atoms with van der Waals surface area (Å²) in [5.74, 6) is 1.73. The summed E-state index contributed by atoms with van der Waals surface area (Å²) < 4.78 is 10.8. The van der Waals surface area contributed by atoms with Crippen LogP contribution in [0.5, 0.6) is 11.5 Å². The highest BCUT2D eigenvalue weighted by molar-refractivity contribution is 5.95. The smallest absolute Gasteiger partial charge is 0.213 e. The maximum absolute atomic E-state index is 5.43. The van der Waals surface area contributed by atoms with Crippen molar-refractivity contribution in [1.29, 1.82) is 0 Å². The summed E-state index contributed by atoms with van der Waals surface area (Å²) in [6, 6.07) is 18.9. The fraction of sp³-hybridized carbons (Fsp3) is 0.321. The number of fused-ring (bicyclic) bond motifs is 2. The third-order valence-electron chi connectivity index (χ3n) is 6.13. The SMILES string of the molecule is COc1ccc2cc(C)cc(NCCN(C)CCNc3cc(C)[nH+]c4ccc(OC)cc34)c2c1.Cl.[Cl-]. The van der Waals surface area contributed by atoms with E-state index in [1.54, 1.807) is 14.2 Å². The number of rotatable bonds is 10. The van der Waals surface area contributed by atoms with E-state index in [0.29, 0.717) is 0 Å². The summed E-state index contributed by atoms with van der Waals surface area (Å²) in [7, 11) is 5.57. The van der Waals surface area contributed by atoms with Gasteiger partial charge in [-0.05, 0) is 55.3 Å². The van der Waals surface area contributed by atoms with Gasteiger partial charge in [0.1, 0.15) is 11.5 Å². The molecule has 1 aromatic heterocycles. The second kappa shape index (κ2) is 13.4. The predicted octanol–water partition coefficient (Wildman–Crippen LogP) is 2.32. The van der Waals surface area contributed by atoms with E-state index in [-0.39, 0.29) is 24.8 Å². The van der Waals surface area contributed by atoms with Gasteiger partial charge in [-0.3, -0.25) is 0 Å². The normalized spacial score (nSPS) is 10.6. The molecule has 0 saturated carbocycles. The first-order chi connectivity index (χ1) is 16.5. The van der Waals surface area contributed by atoms with Gasteiger partial charge in [0.05, 0.1) is 25.3 Å². The number of likely N-dealkylation sites (N-methyl/N-ethyl adjacent to an activating group) is 1. The first kappa shape index (κ1) is 29.3. The first-order valence-electron chi connectivity index (χ1n) is 11.7. The van der Waals surface area contributed by atoms with Crippen molar-refractivity contribution in [2.45, 2.75) is 13.8 Å². The van der Waals surface area contributed by atoms with E-state index < -0.39 is 0 Å². The maximum atomic E-state index is 5.43. The lowest BCUT2D eigenvalue weighted by molar-refractivity contribution is -0.354. The molecular formula is C28H36Cl2N4O2. The number of nitrogens with one attached hydrogen (secondary N) is 3. The van der Waals surface area contributed by atoms with E-state index in [2.05, 4.69) is 83.9 Å². The molecule has 0 fully saturated rings. The molecule has 4 aromatic rings. The zero-order chi connectivity index (χ0) is 24.1. The monoisotopic (exact) mass is 530 g/mol. The van der Waals surface area contributed by atoms with Gasteiger partial charge < -0.3 is 37.4 Å².